The van der Waals surface area contributed by atoms with Crippen LogP contribution < -0.4 is 0 Å². The van der Waals surface area contributed by atoms with Crippen molar-refractivity contribution in [3.8, 4) is 0 Å². The number of hydrogen-bond acceptors (Lipinski definition) is 4. The van der Waals surface area contributed by atoms with E-state index >= 15 is 0 Å². The van der Waals surface area contributed by atoms with E-state index in [4.69, 9.17) is 0 Å². The summed E-state index contributed by atoms with van der Waals surface area (Å²) >= 11 is 0. The highest BCUT2D eigenvalue weighted by molar-refractivity contribution is 6.46. The molecule has 2 heterocycles. The zero-order valence-corrected chi connectivity index (χ0v) is 15.1. The van der Waals surface area contributed by atoms with E-state index in [0.29, 0.717) is 17.7 Å². The van der Waals surface area contributed by atoms with E-state index in [1.54, 1.807) is 30.6 Å². The molecule has 0 unspecified atom stereocenters. The molecule has 3 rings (SSSR count). The largest absolute Gasteiger partial charge is 0.507 e. The molecule has 5 nitrogen and oxygen atoms in total. The van der Waals surface area contributed by atoms with Gasteiger partial charge in [0.25, 0.3) is 11.7 Å². The van der Waals surface area contributed by atoms with E-state index in [1.807, 2.05) is 39.0 Å². The molecule has 1 aromatic heterocycles. The molecule has 5 heteroatoms. The van der Waals surface area contributed by atoms with Gasteiger partial charge in [-0.15, -0.1) is 0 Å². The lowest BCUT2D eigenvalue weighted by atomic mass is 9.96. The first-order valence-electron chi connectivity index (χ1n) is 8.65. The highest BCUT2D eigenvalue weighted by Crippen LogP contribution is 2.39. The first-order valence-corrected chi connectivity index (χ1v) is 8.65. The summed E-state index contributed by atoms with van der Waals surface area (Å²) in [5.74, 6) is -1.20. The summed E-state index contributed by atoms with van der Waals surface area (Å²) in [5, 5.41) is 10.8. The van der Waals surface area contributed by atoms with Gasteiger partial charge in [-0.05, 0) is 24.5 Å². The summed E-state index contributed by atoms with van der Waals surface area (Å²) in [5.41, 5.74) is 2.39. The van der Waals surface area contributed by atoms with Crippen molar-refractivity contribution in [3.63, 3.8) is 0 Å². The summed E-state index contributed by atoms with van der Waals surface area (Å²) in [6.07, 6.45) is 3.27. The Hall–Kier alpha value is -2.95. The van der Waals surface area contributed by atoms with E-state index in [1.165, 1.54) is 4.90 Å². The molecule has 0 saturated carbocycles. The smallest absolute Gasteiger partial charge is 0.295 e. The van der Waals surface area contributed by atoms with Gasteiger partial charge in [0, 0.05) is 24.5 Å². The zero-order chi connectivity index (χ0) is 18.8. The maximum atomic E-state index is 12.7. The van der Waals surface area contributed by atoms with Gasteiger partial charge in [0.15, 0.2) is 0 Å². The minimum absolute atomic E-state index is 0.118. The Morgan fingerprint density at radius 3 is 2.46 bits per heavy atom. The van der Waals surface area contributed by atoms with Gasteiger partial charge in [-0.3, -0.25) is 14.6 Å². The number of nitrogens with zero attached hydrogens (tertiary/aromatic N) is 2. The highest BCUT2D eigenvalue weighted by atomic mass is 16.3. The molecule has 1 amide bonds. The molecule has 2 aromatic rings. The van der Waals surface area contributed by atoms with Gasteiger partial charge < -0.3 is 10.0 Å². The number of aromatic nitrogens is 1. The lowest BCUT2D eigenvalue weighted by Crippen LogP contribution is -2.33. The van der Waals surface area contributed by atoms with Gasteiger partial charge in [-0.2, -0.15) is 0 Å². The Balaban J connectivity index is 2.17. The van der Waals surface area contributed by atoms with Crippen LogP contribution in [0.1, 0.15) is 36.6 Å². The molecule has 1 aliphatic rings. The molecule has 1 aliphatic heterocycles. The molecule has 26 heavy (non-hydrogen) atoms. The number of likely N-dealkylation sites (tertiary alicyclic amines) is 1. The normalized spacial score (nSPS) is 19.4. The summed E-state index contributed by atoms with van der Waals surface area (Å²) in [6, 6.07) is 10.2. The van der Waals surface area contributed by atoms with Gasteiger partial charge in [0.2, 0.25) is 0 Å². The Morgan fingerprint density at radius 2 is 1.88 bits per heavy atom. The van der Waals surface area contributed by atoms with Crippen LogP contribution in [-0.2, 0) is 9.59 Å². The van der Waals surface area contributed by atoms with Crippen LogP contribution in [0.25, 0.3) is 5.76 Å². The number of carbonyl (C=O) groups is 2. The number of amides is 1. The average Bonchev–Trinajstić information content (AvgIpc) is 2.87. The lowest BCUT2D eigenvalue weighted by Gasteiger charge is -2.26. The number of benzene rings is 1. The van der Waals surface area contributed by atoms with Gasteiger partial charge in [0.1, 0.15) is 5.76 Å². The number of carbonyl (C=O) groups excluding carboxylic acids is 2. The van der Waals surface area contributed by atoms with E-state index in [-0.39, 0.29) is 17.3 Å². The first kappa shape index (κ1) is 17.9. The predicted octanol–water partition coefficient (Wildman–Crippen LogP) is 3.47. The second-order valence-electron chi connectivity index (χ2n) is 7.00. The van der Waals surface area contributed by atoms with Gasteiger partial charge in [0.05, 0.1) is 11.6 Å². The van der Waals surface area contributed by atoms with Crippen molar-refractivity contribution in [2.75, 3.05) is 6.54 Å². The minimum Gasteiger partial charge on any atom is -0.507 e. The van der Waals surface area contributed by atoms with Crippen LogP contribution in [0, 0.1) is 12.8 Å². The third-order valence-corrected chi connectivity index (χ3v) is 4.43. The van der Waals surface area contributed by atoms with Crippen molar-refractivity contribution in [2.45, 2.75) is 26.8 Å². The highest BCUT2D eigenvalue weighted by Gasteiger charge is 2.46. The number of pyridine rings is 1. The maximum absolute atomic E-state index is 12.7. The summed E-state index contributed by atoms with van der Waals surface area (Å²) in [4.78, 5) is 31.0. The van der Waals surface area contributed by atoms with Crippen molar-refractivity contribution in [1.82, 2.24) is 9.88 Å². The van der Waals surface area contributed by atoms with E-state index < -0.39 is 17.7 Å². The Bertz CT molecular complexity index is 855. The van der Waals surface area contributed by atoms with Crippen molar-refractivity contribution in [1.29, 1.82) is 0 Å². The Kier molecular flexibility index (Phi) is 4.89. The second kappa shape index (κ2) is 7.12. The average molecular weight is 350 g/mol. The number of ketones is 1. The second-order valence-corrected chi connectivity index (χ2v) is 7.00. The zero-order valence-electron chi connectivity index (χ0n) is 15.1. The quantitative estimate of drug-likeness (QED) is 0.521. The van der Waals surface area contributed by atoms with Crippen molar-refractivity contribution < 1.29 is 14.7 Å². The van der Waals surface area contributed by atoms with Gasteiger partial charge >= 0.3 is 0 Å². The van der Waals surface area contributed by atoms with Gasteiger partial charge in [-0.1, -0.05) is 49.7 Å². The molecular weight excluding hydrogens is 328 g/mol. The molecule has 0 radical (unpaired) electrons. The molecule has 0 aliphatic carbocycles. The Labute approximate surface area is 153 Å². The van der Waals surface area contributed by atoms with Crippen LogP contribution in [-0.4, -0.2) is 33.2 Å². The minimum atomic E-state index is -0.655. The molecular formula is C21H22N2O3. The fourth-order valence-corrected chi connectivity index (χ4v) is 3.21. The van der Waals surface area contributed by atoms with Crippen molar-refractivity contribution in [3.05, 3.63) is 71.1 Å². The number of aliphatic hydroxyl groups is 1. The monoisotopic (exact) mass is 350 g/mol. The van der Waals surface area contributed by atoms with Crippen molar-refractivity contribution >= 4 is 17.4 Å². The van der Waals surface area contributed by atoms with Crippen LogP contribution in [0.5, 0.6) is 0 Å². The van der Waals surface area contributed by atoms with Gasteiger partial charge in [-0.25, -0.2) is 0 Å². The number of aliphatic hydroxyl groups excluding tert-OH is 1. The molecule has 1 atom stereocenters. The molecule has 0 spiro atoms. The number of hydrogen-bond donors (Lipinski definition) is 1. The third kappa shape index (κ3) is 3.25. The topological polar surface area (TPSA) is 70.5 Å². The summed E-state index contributed by atoms with van der Waals surface area (Å²) in [7, 11) is 0. The molecule has 1 N–H and O–H groups in total. The Morgan fingerprint density at radius 1 is 1.19 bits per heavy atom. The van der Waals surface area contributed by atoms with Crippen LogP contribution in [0.15, 0.2) is 54.4 Å². The third-order valence-electron chi connectivity index (χ3n) is 4.43. The van der Waals surface area contributed by atoms with E-state index in [2.05, 4.69) is 4.98 Å². The summed E-state index contributed by atoms with van der Waals surface area (Å²) in [6.45, 7) is 6.34. The molecule has 1 fully saturated rings. The number of Topliss-reactive ketones (excluding diaryl/α,β-unsaturated/α-hetero) is 1. The lowest BCUT2D eigenvalue weighted by molar-refractivity contribution is -0.140. The molecule has 134 valence electrons. The SMILES string of the molecule is Cc1ccc(C(O)=C2C(=O)C(=O)N(CC(C)C)[C@@H]2c2cccnc2)cc1. The maximum Gasteiger partial charge on any atom is 0.295 e. The molecule has 1 saturated heterocycles. The standard InChI is InChI=1S/C21H22N2O3/c1-13(2)12-23-18(16-5-4-10-22-11-16)17(20(25)21(23)26)19(24)15-8-6-14(3)7-9-15/h4-11,13,18,24H,12H2,1-3H3/t18-/m1/s1. The van der Waals surface area contributed by atoms with E-state index in [0.717, 1.165) is 5.56 Å². The van der Waals surface area contributed by atoms with Crippen LogP contribution >= 0.6 is 0 Å². The molecule has 0 bridgehead atoms. The fourth-order valence-electron chi connectivity index (χ4n) is 3.21. The molecule has 1 aromatic carbocycles. The first-order chi connectivity index (χ1) is 12.4. The van der Waals surface area contributed by atoms with Crippen LogP contribution in [0.4, 0.5) is 0 Å². The number of rotatable bonds is 4. The van der Waals surface area contributed by atoms with Crippen molar-refractivity contribution in [2.24, 2.45) is 5.92 Å². The fraction of sp³-hybridized carbons (Fsp3) is 0.286. The van der Waals surface area contributed by atoms with Crippen LogP contribution in [0.2, 0.25) is 0 Å². The number of aryl methyl sites for hydroxylation is 1. The van der Waals surface area contributed by atoms with E-state index in [9.17, 15) is 14.7 Å². The summed E-state index contributed by atoms with van der Waals surface area (Å²) < 4.78 is 0. The van der Waals surface area contributed by atoms with Crippen LogP contribution in [0.3, 0.4) is 0 Å². The predicted molar refractivity (Wildman–Crippen MR) is 99.3 cm³/mol.